The number of likely N-dealkylation sites (tertiary alicyclic amines) is 2. The number of phosphoric acid groups is 1. The molecule has 2 fully saturated rings. The number of fused-ring (bicyclic) bond motifs is 2. The number of hydrogen-bond donors (Lipinski definition) is 1. The first-order valence-corrected chi connectivity index (χ1v) is 16.5. The average Bonchev–Trinajstić information content (AvgIpc) is 3.60. The smallest absolute Gasteiger partial charge is 0.473 e. The Morgan fingerprint density at radius 1 is 0.800 bits per heavy atom. The summed E-state index contributed by atoms with van der Waals surface area (Å²) in [4.78, 5) is 40.9. The minimum atomic E-state index is -5.01. The van der Waals surface area contributed by atoms with Gasteiger partial charge in [-0.1, -0.05) is 0 Å². The quantitative estimate of drug-likeness (QED) is 0.442. The number of ether oxygens (including phenoxy) is 2. The van der Waals surface area contributed by atoms with Crippen molar-refractivity contribution in [1.82, 2.24) is 9.80 Å². The van der Waals surface area contributed by atoms with E-state index in [4.69, 9.17) is 18.5 Å². The third kappa shape index (κ3) is 5.57. The molecule has 4 aliphatic heterocycles. The van der Waals surface area contributed by atoms with Crippen LogP contribution in [0.2, 0.25) is 0 Å². The molecular formula is C32H35N4O8P. The molecule has 2 aromatic rings. The van der Waals surface area contributed by atoms with E-state index in [1.807, 2.05) is 0 Å². The standard InChI is InChI=1S/C32H35N4O8P/c1-31(2)29(27(35-13-5-7-25(35)37)21-15-19(17-33)9-11-23(21)41-31)43-45(39,40)44-30-28(36-14-6-8-26(36)38)22-16-20(18-34)10-12-24(22)42-32(30,3)4/h9-12,15-16,27-30H,5-8,13-14H2,1-4H3,(H,39,40)/t27-,28-,29+,30+/m0/s1. The Kier molecular flexibility index (Phi) is 7.70. The Balaban J connectivity index is 1.40. The summed E-state index contributed by atoms with van der Waals surface area (Å²) in [6.45, 7) is 7.59. The molecule has 0 unspecified atom stereocenters. The lowest BCUT2D eigenvalue weighted by atomic mass is 9.85. The Morgan fingerprint density at radius 2 is 1.20 bits per heavy atom. The topological polar surface area (TPSA) is 162 Å². The van der Waals surface area contributed by atoms with E-state index in [2.05, 4.69) is 12.1 Å². The van der Waals surface area contributed by atoms with Gasteiger partial charge in [-0.25, -0.2) is 4.57 Å². The molecule has 2 aromatic carbocycles. The van der Waals surface area contributed by atoms with Crippen molar-refractivity contribution >= 4 is 19.6 Å². The van der Waals surface area contributed by atoms with Crippen LogP contribution in [0.3, 0.4) is 0 Å². The van der Waals surface area contributed by atoms with Crippen LogP contribution in [0, 0.1) is 22.7 Å². The summed E-state index contributed by atoms with van der Waals surface area (Å²) in [5.74, 6) is 0.591. The van der Waals surface area contributed by atoms with Crippen molar-refractivity contribution in [3.63, 3.8) is 0 Å². The van der Waals surface area contributed by atoms with Crippen molar-refractivity contribution in [2.75, 3.05) is 13.1 Å². The summed E-state index contributed by atoms with van der Waals surface area (Å²) in [7, 11) is -5.01. The van der Waals surface area contributed by atoms with E-state index in [0.717, 1.165) is 0 Å². The number of hydrogen-bond acceptors (Lipinski definition) is 9. The summed E-state index contributed by atoms with van der Waals surface area (Å²) in [6, 6.07) is 12.3. The molecule has 12 nitrogen and oxygen atoms in total. The van der Waals surface area contributed by atoms with Crippen molar-refractivity contribution in [2.24, 2.45) is 0 Å². The van der Waals surface area contributed by atoms with Gasteiger partial charge in [0.25, 0.3) is 0 Å². The van der Waals surface area contributed by atoms with Crippen molar-refractivity contribution < 1.29 is 37.6 Å². The van der Waals surface area contributed by atoms with E-state index >= 15 is 0 Å². The predicted octanol–water partition coefficient (Wildman–Crippen LogP) is 4.67. The van der Waals surface area contributed by atoms with Crippen LogP contribution in [-0.4, -0.2) is 63.0 Å². The zero-order valence-corrected chi connectivity index (χ0v) is 26.5. The van der Waals surface area contributed by atoms with Crippen molar-refractivity contribution in [1.29, 1.82) is 10.5 Å². The Labute approximate surface area is 261 Å². The molecular weight excluding hydrogens is 599 g/mol. The van der Waals surface area contributed by atoms with Gasteiger partial charge in [0, 0.05) is 37.1 Å². The molecule has 2 saturated heterocycles. The second-order valence-electron chi connectivity index (χ2n) is 12.9. The van der Waals surface area contributed by atoms with Crippen LogP contribution in [0.4, 0.5) is 0 Å². The van der Waals surface area contributed by atoms with Gasteiger partial charge in [0.05, 0.1) is 35.3 Å². The predicted molar refractivity (Wildman–Crippen MR) is 159 cm³/mol. The van der Waals surface area contributed by atoms with E-state index in [-0.39, 0.29) is 11.8 Å². The molecule has 45 heavy (non-hydrogen) atoms. The molecule has 4 aliphatic rings. The summed E-state index contributed by atoms with van der Waals surface area (Å²) >= 11 is 0. The van der Waals surface area contributed by atoms with Gasteiger partial charge >= 0.3 is 7.82 Å². The van der Waals surface area contributed by atoms with E-state index in [0.29, 0.717) is 72.5 Å². The number of phosphoric ester groups is 1. The number of nitriles is 2. The first-order valence-electron chi connectivity index (χ1n) is 15.0. The van der Waals surface area contributed by atoms with E-state index in [9.17, 15) is 29.6 Å². The molecule has 236 valence electrons. The minimum Gasteiger partial charge on any atom is -0.485 e. The Morgan fingerprint density at radius 3 is 1.53 bits per heavy atom. The maximum Gasteiger partial charge on any atom is 0.473 e. The average molecular weight is 635 g/mol. The molecule has 0 aliphatic carbocycles. The van der Waals surface area contributed by atoms with Gasteiger partial charge in [0.1, 0.15) is 34.9 Å². The summed E-state index contributed by atoms with van der Waals surface area (Å²) in [5.41, 5.74) is -0.765. The van der Waals surface area contributed by atoms with E-state index in [1.54, 1.807) is 73.9 Å². The zero-order chi connectivity index (χ0) is 32.3. The lowest BCUT2D eigenvalue weighted by Gasteiger charge is -2.49. The fraction of sp³-hybridized carbons (Fsp3) is 0.500. The van der Waals surface area contributed by atoms with Gasteiger partial charge in [-0.2, -0.15) is 10.5 Å². The first kappa shape index (κ1) is 31.1. The normalized spacial score (nSPS) is 26.7. The number of rotatable bonds is 6. The van der Waals surface area contributed by atoms with Gasteiger partial charge in [0.2, 0.25) is 11.8 Å². The second-order valence-corrected chi connectivity index (χ2v) is 14.3. The summed E-state index contributed by atoms with van der Waals surface area (Å²) in [5, 5.41) is 19.2. The number of carbonyl (C=O) groups is 2. The highest BCUT2D eigenvalue weighted by atomic mass is 31.2. The molecule has 0 radical (unpaired) electrons. The van der Waals surface area contributed by atoms with Crippen molar-refractivity contribution in [2.45, 2.75) is 88.9 Å². The number of benzene rings is 2. The molecule has 2 amide bonds. The van der Waals surface area contributed by atoms with Gasteiger partial charge in [-0.05, 0) is 76.9 Å². The van der Waals surface area contributed by atoms with Gasteiger partial charge < -0.3 is 24.2 Å². The monoisotopic (exact) mass is 634 g/mol. The molecule has 0 spiro atoms. The molecule has 4 atom stereocenters. The largest absolute Gasteiger partial charge is 0.485 e. The maximum atomic E-state index is 14.2. The third-order valence-corrected chi connectivity index (χ3v) is 9.98. The van der Waals surface area contributed by atoms with Crippen LogP contribution in [0.5, 0.6) is 11.5 Å². The summed E-state index contributed by atoms with van der Waals surface area (Å²) < 4.78 is 38.8. The van der Waals surface area contributed by atoms with Crippen LogP contribution in [0.1, 0.15) is 87.7 Å². The number of amides is 2. The molecule has 0 aromatic heterocycles. The SMILES string of the molecule is CC1(C)Oc2ccc(C#N)cc2[C@H](N2CCCC2=O)[C@H]1OP(=O)(O)O[C@@H]1[C@@H](N2CCCC2=O)c2cc(C#N)ccc2OC1(C)C. The molecule has 0 saturated carbocycles. The van der Waals surface area contributed by atoms with Crippen LogP contribution in [-0.2, 0) is 23.2 Å². The molecule has 6 rings (SSSR count). The summed E-state index contributed by atoms with van der Waals surface area (Å²) in [6.07, 6.45) is -0.536. The van der Waals surface area contributed by atoms with Crippen LogP contribution in [0.25, 0.3) is 0 Å². The first-order chi connectivity index (χ1) is 21.2. The fourth-order valence-corrected chi connectivity index (χ4v) is 8.29. The highest BCUT2D eigenvalue weighted by Crippen LogP contribution is 2.58. The molecule has 0 bridgehead atoms. The van der Waals surface area contributed by atoms with Crippen molar-refractivity contribution in [3.8, 4) is 23.6 Å². The van der Waals surface area contributed by atoms with Crippen LogP contribution in [0.15, 0.2) is 36.4 Å². The second kappa shape index (κ2) is 11.1. The Hall–Kier alpha value is -3.93. The molecule has 4 heterocycles. The van der Waals surface area contributed by atoms with Crippen LogP contribution >= 0.6 is 7.82 Å². The third-order valence-electron chi connectivity index (χ3n) is 8.99. The number of nitrogens with zero attached hydrogens (tertiary/aromatic N) is 4. The van der Waals surface area contributed by atoms with E-state index < -0.39 is 43.3 Å². The lowest BCUT2D eigenvalue weighted by molar-refractivity contribution is -0.144. The lowest BCUT2D eigenvalue weighted by Crippen LogP contribution is -2.56. The van der Waals surface area contributed by atoms with Gasteiger partial charge in [0.15, 0.2) is 0 Å². The van der Waals surface area contributed by atoms with Gasteiger partial charge in [-0.3, -0.25) is 18.6 Å². The van der Waals surface area contributed by atoms with E-state index in [1.165, 1.54) is 0 Å². The van der Waals surface area contributed by atoms with Crippen molar-refractivity contribution in [3.05, 3.63) is 58.7 Å². The maximum absolute atomic E-state index is 14.2. The van der Waals surface area contributed by atoms with Crippen LogP contribution < -0.4 is 9.47 Å². The number of carbonyl (C=O) groups excluding carboxylic acids is 2. The zero-order valence-electron chi connectivity index (χ0n) is 25.6. The minimum absolute atomic E-state index is 0.146. The van der Waals surface area contributed by atoms with Gasteiger partial charge in [-0.15, -0.1) is 0 Å². The molecule has 13 heteroatoms. The molecule has 1 N–H and O–H groups in total. The fourth-order valence-electron chi connectivity index (χ4n) is 6.92. The highest BCUT2D eigenvalue weighted by Gasteiger charge is 2.56. The highest BCUT2D eigenvalue weighted by molar-refractivity contribution is 7.47. The Bertz CT molecular complexity index is 1580.